The maximum absolute atomic E-state index is 12.7. The van der Waals surface area contributed by atoms with Gasteiger partial charge in [0.25, 0.3) is 5.56 Å². The van der Waals surface area contributed by atoms with Crippen molar-refractivity contribution >= 4 is 22.5 Å². The predicted molar refractivity (Wildman–Crippen MR) is 115 cm³/mol. The van der Waals surface area contributed by atoms with Crippen LogP contribution in [0.4, 0.5) is 10.5 Å². The van der Waals surface area contributed by atoms with Crippen molar-refractivity contribution in [2.24, 2.45) is 5.92 Å². The Bertz CT molecular complexity index is 994. The van der Waals surface area contributed by atoms with E-state index < -0.39 is 0 Å². The normalized spacial score (nSPS) is 11.0. The molecule has 1 heterocycles. The number of hydrogen-bond donors (Lipinski definition) is 2. The van der Waals surface area contributed by atoms with Crippen LogP contribution in [-0.2, 0) is 13.0 Å². The van der Waals surface area contributed by atoms with E-state index in [1.54, 1.807) is 16.8 Å². The fourth-order valence-electron chi connectivity index (χ4n) is 3.28. The minimum absolute atomic E-state index is 0.0295. The summed E-state index contributed by atoms with van der Waals surface area (Å²) in [4.78, 5) is 25.1. The van der Waals surface area contributed by atoms with Gasteiger partial charge in [0.1, 0.15) is 0 Å². The van der Waals surface area contributed by atoms with Crippen LogP contribution in [0.1, 0.15) is 25.8 Å². The van der Waals surface area contributed by atoms with Crippen LogP contribution in [0.15, 0.2) is 65.6 Å². The molecule has 0 atom stereocenters. The number of benzene rings is 2. The number of carbonyl (C=O) groups excluding carboxylic acids is 1. The molecule has 28 heavy (non-hydrogen) atoms. The second-order valence-corrected chi connectivity index (χ2v) is 7.41. The highest BCUT2D eigenvalue weighted by Gasteiger charge is 2.11. The van der Waals surface area contributed by atoms with Crippen LogP contribution in [0, 0.1) is 5.92 Å². The highest BCUT2D eigenvalue weighted by Crippen LogP contribution is 2.20. The molecule has 2 N–H and O–H groups in total. The molecule has 0 fully saturated rings. The van der Waals surface area contributed by atoms with Crippen LogP contribution in [0.2, 0.25) is 0 Å². The molecule has 0 aliphatic heterocycles. The Balaban J connectivity index is 1.68. The van der Waals surface area contributed by atoms with Gasteiger partial charge in [0.15, 0.2) is 0 Å². The van der Waals surface area contributed by atoms with Crippen molar-refractivity contribution in [3.05, 3.63) is 76.7 Å². The van der Waals surface area contributed by atoms with Crippen LogP contribution in [0.3, 0.4) is 0 Å². The van der Waals surface area contributed by atoms with E-state index >= 15 is 0 Å². The summed E-state index contributed by atoms with van der Waals surface area (Å²) >= 11 is 0. The van der Waals surface area contributed by atoms with Crippen molar-refractivity contribution in [3.63, 3.8) is 0 Å². The van der Waals surface area contributed by atoms with Gasteiger partial charge in [0, 0.05) is 30.1 Å². The summed E-state index contributed by atoms with van der Waals surface area (Å²) in [5.41, 5.74) is 1.88. The van der Waals surface area contributed by atoms with Gasteiger partial charge in [-0.1, -0.05) is 62.4 Å². The van der Waals surface area contributed by atoms with E-state index in [2.05, 4.69) is 36.6 Å². The summed E-state index contributed by atoms with van der Waals surface area (Å²) in [6.45, 7) is 5.32. The number of aromatic nitrogens is 1. The Morgan fingerprint density at radius 3 is 2.39 bits per heavy atom. The van der Waals surface area contributed by atoms with Crippen LogP contribution < -0.4 is 16.2 Å². The molecule has 0 aliphatic rings. The molecule has 0 saturated carbocycles. The minimum atomic E-state index is -0.257. The number of aryl methyl sites for hydroxylation is 1. The Morgan fingerprint density at radius 2 is 1.68 bits per heavy atom. The average Bonchev–Trinajstić information content (AvgIpc) is 2.69. The monoisotopic (exact) mass is 377 g/mol. The quantitative estimate of drug-likeness (QED) is 0.599. The van der Waals surface area contributed by atoms with Gasteiger partial charge in [0.2, 0.25) is 0 Å². The van der Waals surface area contributed by atoms with E-state index in [0.29, 0.717) is 30.1 Å². The fraction of sp³-hybridized carbons (Fsp3) is 0.304. The Kier molecular flexibility index (Phi) is 6.48. The van der Waals surface area contributed by atoms with E-state index in [4.69, 9.17) is 0 Å². The van der Waals surface area contributed by atoms with Gasteiger partial charge in [-0.05, 0) is 30.4 Å². The zero-order chi connectivity index (χ0) is 19.9. The molecule has 0 saturated heterocycles. The summed E-state index contributed by atoms with van der Waals surface area (Å²) in [6, 6.07) is 17.3. The summed E-state index contributed by atoms with van der Waals surface area (Å²) in [7, 11) is 0. The lowest BCUT2D eigenvalue weighted by atomic mass is 10.1. The number of urea groups is 1. The zero-order valence-electron chi connectivity index (χ0n) is 16.4. The molecular formula is C23H27N3O2. The van der Waals surface area contributed by atoms with E-state index in [0.717, 1.165) is 18.2 Å². The first kappa shape index (κ1) is 19.7. The lowest BCUT2D eigenvalue weighted by Crippen LogP contribution is -2.31. The molecular weight excluding hydrogens is 350 g/mol. The number of anilines is 1. The number of hydrogen-bond acceptors (Lipinski definition) is 2. The molecule has 0 spiro atoms. The second-order valence-electron chi connectivity index (χ2n) is 7.41. The maximum atomic E-state index is 12.7. The topological polar surface area (TPSA) is 63.1 Å². The van der Waals surface area contributed by atoms with Gasteiger partial charge in [-0.25, -0.2) is 4.79 Å². The fourth-order valence-corrected chi connectivity index (χ4v) is 3.28. The number of carbonyl (C=O) groups is 1. The summed E-state index contributed by atoms with van der Waals surface area (Å²) in [5, 5.41) is 7.19. The van der Waals surface area contributed by atoms with Crippen molar-refractivity contribution < 1.29 is 4.79 Å². The number of rotatable bonds is 7. The molecule has 2 amide bonds. The average molecular weight is 377 g/mol. The lowest BCUT2D eigenvalue weighted by molar-refractivity contribution is 0.252. The molecule has 1 aromatic heterocycles. The number of amides is 2. The second kappa shape index (κ2) is 9.22. The standard InChI is InChI=1S/C23H27N3O2/c1-17(2)15-26-16-21(19-12-6-7-13-20(19)22(26)27)25-23(28)24-14-8-11-18-9-4-3-5-10-18/h3-7,9-10,12-13,16-17H,8,11,14-15H2,1-2H3,(H2,24,25,28). The number of fused-ring (bicyclic) bond motifs is 1. The zero-order valence-corrected chi connectivity index (χ0v) is 16.4. The predicted octanol–water partition coefficient (Wildman–Crippen LogP) is 4.41. The van der Waals surface area contributed by atoms with Crippen molar-refractivity contribution in [2.75, 3.05) is 11.9 Å². The van der Waals surface area contributed by atoms with E-state index in [-0.39, 0.29) is 11.6 Å². The first-order valence-corrected chi connectivity index (χ1v) is 9.75. The SMILES string of the molecule is CC(C)Cn1cc(NC(=O)NCCCc2ccccc2)c2ccccc2c1=O. The summed E-state index contributed by atoms with van der Waals surface area (Å²) in [6.07, 6.45) is 3.53. The molecule has 5 nitrogen and oxygen atoms in total. The molecule has 0 bridgehead atoms. The first-order valence-electron chi connectivity index (χ1n) is 9.75. The molecule has 146 valence electrons. The summed E-state index contributed by atoms with van der Waals surface area (Å²) in [5.74, 6) is 0.332. The van der Waals surface area contributed by atoms with E-state index in [1.807, 2.05) is 36.4 Å². The smallest absolute Gasteiger partial charge is 0.319 e. The lowest BCUT2D eigenvalue weighted by Gasteiger charge is -2.15. The van der Waals surface area contributed by atoms with Crippen molar-refractivity contribution in [1.82, 2.24) is 9.88 Å². The van der Waals surface area contributed by atoms with Crippen LogP contribution >= 0.6 is 0 Å². The largest absolute Gasteiger partial charge is 0.338 e. The molecule has 3 aromatic rings. The van der Waals surface area contributed by atoms with Gasteiger partial charge in [-0.3, -0.25) is 4.79 Å². The highest BCUT2D eigenvalue weighted by atomic mass is 16.2. The Morgan fingerprint density at radius 1 is 1.00 bits per heavy atom. The molecule has 0 unspecified atom stereocenters. The molecule has 3 rings (SSSR count). The van der Waals surface area contributed by atoms with Gasteiger partial charge in [-0.15, -0.1) is 0 Å². The molecule has 0 radical (unpaired) electrons. The van der Waals surface area contributed by atoms with Crippen LogP contribution in [0.5, 0.6) is 0 Å². The van der Waals surface area contributed by atoms with E-state index in [1.165, 1.54) is 5.56 Å². The van der Waals surface area contributed by atoms with Gasteiger partial charge in [-0.2, -0.15) is 0 Å². The van der Waals surface area contributed by atoms with Crippen molar-refractivity contribution in [3.8, 4) is 0 Å². The van der Waals surface area contributed by atoms with E-state index in [9.17, 15) is 9.59 Å². The number of nitrogens with one attached hydrogen (secondary N) is 2. The van der Waals surface area contributed by atoms with Crippen LogP contribution in [-0.4, -0.2) is 17.1 Å². The van der Waals surface area contributed by atoms with Gasteiger partial charge < -0.3 is 15.2 Å². The van der Waals surface area contributed by atoms with Crippen LogP contribution in [0.25, 0.3) is 10.8 Å². The first-order chi connectivity index (χ1) is 13.5. The van der Waals surface area contributed by atoms with Crippen molar-refractivity contribution in [2.45, 2.75) is 33.2 Å². The molecule has 5 heteroatoms. The Labute approximate surface area is 165 Å². The maximum Gasteiger partial charge on any atom is 0.319 e. The van der Waals surface area contributed by atoms with Gasteiger partial charge >= 0.3 is 6.03 Å². The Hall–Kier alpha value is -3.08. The number of pyridine rings is 1. The third-order valence-electron chi connectivity index (χ3n) is 4.57. The van der Waals surface area contributed by atoms with Crippen molar-refractivity contribution in [1.29, 1.82) is 0 Å². The molecule has 0 aliphatic carbocycles. The third kappa shape index (κ3) is 5.00. The molecule has 2 aromatic carbocycles. The van der Waals surface area contributed by atoms with Gasteiger partial charge in [0.05, 0.1) is 5.69 Å². The number of nitrogens with zero attached hydrogens (tertiary/aromatic N) is 1. The minimum Gasteiger partial charge on any atom is -0.338 e. The third-order valence-corrected chi connectivity index (χ3v) is 4.57. The summed E-state index contributed by atoms with van der Waals surface area (Å²) < 4.78 is 1.68. The highest BCUT2D eigenvalue weighted by molar-refractivity contribution is 6.00.